The van der Waals surface area contributed by atoms with Gasteiger partial charge in [-0.1, -0.05) is 67.6 Å². The van der Waals surface area contributed by atoms with Gasteiger partial charge in [0, 0.05) is 25.2 Å². The molecular weight excluding hydrogens is 308 g/mol. The molecular formula is C22H26N2O. The second kappa shape index (κ2) is 8.63. The normalized spacial score (nSPS) is 14.4. The van der Waals surface area contributed by atoms with Gasteiger partial charge in [0.15, 0.2) is 0 Å². The van der Waals surface area contributed by atoms with Crippen LogP contribution in [0.25, 0.3) is 5.57 Å². The van der Waals surface area contributed by atoms with Crippen LogP contribution in [0.3, 0.4) is 0 Å². The molecule has 0 aromatic heterocycles. The second-order valence-electron chi connectivity index (χ2n) is 6.46. The minimum Gasteiger partial charge on any atom is -0.335 e. The van der Waals surface area contributed by atoms with Crippen molar-refractivity contribution in [3.8, 4) is 0 Å². The van der Waals surface area contributed by atoms with Crippen molar-refractivity contribution in [2.24, 2.45) is 0 Å². The summed E-state index contributed by atoms with van der Waals surface area (Å²) in [7, 11) is 0. The summed E-state index contributed by atoms with van der Waals surface area (Å²) < 4.78 is 0. The SMILES string of the molecule is CCCN(Cc1ccccc1)C(=O)C1=C(c2ccccc2)CCNC1. The highest BCUT2D eigenvalue weighted by atomic mass is 16.2. The standard InChI is InChI=1S/C22H26N2O/c1-2-15-24(17-18-9-5-3-6-10-18)22(25)21-16-23-14-13-20(21)19-11-7-4-8-12-19/h3-12,23H,2,13-17H2,1H3. The van der Waals surface area contributed by atoms with Crippen LogP contribution in [0.15, 0.2) is 66.2 Å². The third-order valence-electron chi connectivity index (χ3n) is 4.60. The molecule has 1 heterocycles. The Morgan fingerprint density at radius 2 is 1.72 bits per heavy atom. The zero-order chi connectivity index (χ0) is 17.5. The van der Waals surface area contributed by atoms with E-state index in [1.165, 1.54) is 16.7 Å². The first-order valence-corrected chi connectivity index (χ1v) is 9.11. The second-order valence-corrected chi connectivity index (χ2v) is 6.46. The molecule has 0 fully saturated rings. The van der Waals surface area contributed by atoms with Crippen LogP contribution in [0.4, 0.5) is 0 Å². The zero-order valence-electron chi connectivity index (χ0n) is 14.9. The Labute approximate surface area is 150 Å². The molecule has 3 heteroatoms. The number of benzene rings is 2. The van der Waals surface area contributed by atoms with E-state index in [4.69, 9.17) is 0 Å². The Balaban J connectivity index is 1.89. The van der Waals surface area contributed by atoms with Gasteiger partial charge in [0.05, 0.1) is 0 Å². The molecule has 0 atom stereocenters. The lowest BCUT2D eigenvalue weighted by Crippen LogP contribution is -2.38. The molecule has 1 aliphatic rings. The first kappa shape index (κ1) is 17.4. The van der Waals surface area contributed by atoms with Gasteiger partial charge in [-0.2, -0.15) is 0 Å². The highest BCUT2D eigenvalue weighted by Gasteiger charge is 2.24. The third-order valence-corrected chi connectivity index (χ3v) is 4.60. The molecule has 0 radical (unpaired) electrons. The molecule has 0 unspecified atom stereocenters. The predicted octanol–water partition coefficient (Wildman–Crippen LogP) is 3.87. The Bertz CT molecular complexity index is 722. The Morgan fingerprint density at radius 1 is 1.04 bits per heavy atom. The molecule has 2 aromatic rings. The quantitative estimate of drug-likeness (QED) is 0.870. The highest BCUT2D eigenvalue weighted by Crippen LogP contribution is 2.26. The van der Waals surface area contributed by atoms with E-state index in [9.17, 15) is 4.79 Å². The smallest absolute Gasteiger partial charge is 0.251 e. The van der Waals surface area contributed by atoms with E-state index in [1.807, 2.05) is 41.3 Å². The van der Waals surface area contributed by atoms with Crippen LogP contribution >= 0.6 is 0 Å². The van der Waals surface area contributed by atoms with Crippen molar-refractivity contribution >= 4 is 11.5 Å². The predicted molar refractivity (Wildman–Crippen MR) is 103 cm³/mol. The number of nitrogens with one attached hydrogen (secondary N) is 1. The van der Waals surface area contributed by atoms with Crippen molar-refractivity contribution < 1.29 is 4.79 Å². The van der Waals surface area contributed by atoms with Gasteiger partial charge in [-0.3, -0.25) is 4.79 Å². The van der Waals surface area contributed by atoms with Crippen LogP contribution in [0, 0.1) is 0 Å². The van der Waals surface area contributed by atoms with Crippen molar-refractivity contribution in [3.63, 3.8) is 0 Å². The van der Waals surface area contributed by atoms with Gasteiger partial charge in [-0.25, -0.2) is 0 Å². The van der Waals surface area contributed by atoms with Crippen molar-refractivity contribution in [1.82, 2.24) is 10.2 Å². The average molecular weight is 334 g/mol. The topological polar surface area (TPSA) is 32.3 Å². The van der Waals surface area contributed by atoms with E-state index in [1.54, 1.807) is 0 Å². The fraction of sp³-hybridized carbons (Fsp3) is 0.318. The fourth-order valence-corrected chi connectivity index (χ4v) is 3.36. The van der Waals surface area contributed by atoms with Crippen molar-refractivity contribution in [3.05, 3.63) is 77.4 Å². The van der Waals surface area contributed by atoms with E-state index in [-0.39, 0.29) is 5.91 Å². The minimum absolute atomic E-state index is 0.164. The summed E-state index contributed by atoms with van der Waals surface area (Å²) in [6.45, 7) is 5.14. The lowest BCUT2D eigenvalue weighted by molar-refractivity contribution is -0.127. The summed E-state index contributed by atoms with van der Waals surface area (Å²) in [6.07, 6.45) is 1.86. The number of rotatable bonds is 6. The van der Waals surface area contributed by atoms with Crippen molar-refractivity contribution in [1.29, 1.82) is 0 Å². The van der Waals surface area contributed by atoms with E-state index < -0.39 is 0 Å². The molecule has 130 valence electrons. The molecule has 0 aliphatic carbocycles. The van der Waals surface area contributed by atoms with E-state index in [2.05, 4.69) is 36.5 Å². The van der Waals surface area contributed by atoms with Gasteiger partial charge >= 0.3 is 0 Å². The number of nitrogens with zero attached hydrogens (tertiary/aromatic N) is 1. The first-order valence-electron chi connectivity index (χ1n) is 9.11. The van der Waals surface area contributed by atoms with Crippen LogP contribution in [-0.4, -0.2) is 30.4 Å². The van der Waals surface area contributed by atoms with E-state index in [0.29, 0.717) is 13.1 Å². The van der Waals surface area contributed by atoms with E-state index >= 15 is 0 Å². The maximum atomic E-state index is 13.3. The molecule has 0 saturated heterocycles. The van der Waals surface area contributed by atoms with Crippen LogP contribution in [0.2, 0.25) is 0 Å². The Kier molecular flexibility index (Phi) is 6.02. The number of hydrogen-bond donors (Lipinski definition) is 1. The molecule has 1 amide bonds. The maximum Gasteiger partial charge on any atom is 0.251 e. The summed E-state index contributed by atoms with van der Waals surface area (Å²) in [5.74, 6) is 0.164. The molecule has 1 N–H and O–H groups in total. The number of carbonyl (C=O) groups excluding carboxylic acids is 1. The lowest BCUT2D eigenvalue weighted by atomic mass is 9.93. The number of amides is 1. The molecule has 1 aliphatic heterocycles. The summed E-state index contributed by atoms with van der Waals surface area (Å²) in [5.41, 5.74) is 4.46. The van der Waals surface area contributed by atoms with Crippen LogP contribution in [-0.2, 0) is 11.3 Å². The molecule has 25 heavy (non-hydrogen) atoms. The monoisotopic (exact) mass is 334 g/mol. The van der Waals surface area contributed by atoms with Gasteiger partial charge in [0.25, 0.3) is 5.91 Å². The molecule has 0 bridgehead atoms. The first-order chi connectivity index (χ1) is 12.3. The van der Waals surface area contributed by atoms with E-state index in [0.717, 1.165) is 31.5 Å². The summed E-state index contributed by atoms with van der Waals surface area (Å²) in [6, 6.07) is 20.6. The Hall–Kier alpha value is -2.39. The fourth-order valence-electron chi connectivity index (χ4n) is 3.36. The minimum atomic E-state index is 0.164. The van der Waals surface area contributed by atoms with Gasteiger partial charge in [0.1, 0.15) is 0 Å². The molecule has 3 rings (SSSR count). The third kappa shape index (κ3) is 4.37. The number of carbonyl (C=O) groups is 1. The largest absolute Gasteiger partial charge is 0.335 e. The van der Waals surface area contributed by atoms with Gasteiger partial charge in [0.2, 0.25) is 0 Å². The van der Waals surface area contributed by atoms with Crippen LogP contribution < -0.4 is 5.32 Å². The summed E-state index contributed by atoms with van der Waals surface area (Å²) >= 11 is 0. The molecule has 0 spiro atoms. The van der Waals surface area contributed by atoms with Gasteiger partial charge < -0.3 is 10.2 Å². The molecule has 3 nitrogen and oxygen atoms in total. The van der Waals surface area contributed by atoms with Crippen molar-refractivity contribution in [2.75, 3.05) is 19.6 Å². The molecule has 2 aromatic carbocycles. The molecule has 0 saturated carbocycles. The average Bonchev–Trinajstić information content (AvgIpc) is 2.68. The number of hydrogen-bond acceptors (Lipinski definition) is 2. The van der Waals surface area contributed by atoms with Gasteiger partial charge in [-0.15, -0.1) is 0 Å². The van der Waals surface area contributed by atoms with Crippen LogP contribution in [0.1, 0.15) is 30.9 Å². The summed E-state index contributed by atoms with van der Waals surface area (Å²) in [4.78, 5) is 15.3. The maximum absolute atomic E-state index is 13.3. The van der Waals surface area contributed by atoms with Crippen LogP contribution in [0.5, 0.6) is 0 Å². The Morgan fingerprint density at radius 3 is 2.40 bits per heavy atom. The summed E-state index contributed by atoms with van der Waals surface area (Å²) in [5, 5.41) is 3.37. The lowest BCUT2D eigenvalue weighted by Gasteiger charge is -2.28. The highest BCUT2D eigenvalue weighted by molar-refractivity contribution is 6.02. The van der Waals surface area contributed by atoms with Gasteiger partial charge in [-0.05, 0) is 36.1 Å². The zero-order valence-corrected chi connectivity index (χ0v) is 14.9. The van der Waals surface area contributed by atoms with Crippen molar-refractivity contribution in [2.45, 2.75) is 26.3 Å².